The average Bonchev–Trinajstić information content (AvgIpc) is 3.32. The molecular formula is C31H49N5O8S. The van der Waals surface area contributed by atoms with Gasteiger partial charge in [0.1, 0.15) is 11.4 Å². The topological polar surface area (TPSA) is 164 Å². The van der Waals surface area contributed by atoms with Crippen molar-refractivity contribution in [2.75, 3.05) is 38.1 Å². The van der Waals surface area contributed by atoms with Crippen molar-refractivity contribution in [1.82, 2.24) is 20.3 Å². The lowest BCUT2D eigenvalue weighted by molar-refractivity contribution is -0.0122. The van der Waals surface area contributed by atoms with Crippen molar-refractivity contribution < 1.29 is 37.1 Å². The number of nitrogens with zero attached hydrogens (tertiary/aromatic N) is 3. The van der Waals surface area contributed by atoms with Crippen molar-refractivity contribution in [3.63, 3.8) is 0 Å². The van der Waals surface area contributed by atoms with E-state index in [0.717, 1.165) is 12.8 Å². The molecule has 1 aliphatic heterocycles. The fraction of sp³-hybridized carbons (Fsp3) is 0.645. The second-order valence-electron chi connectivity index (χ2n) is 12.3. The number of hydrogen-bond acceptors (Lipinski definition) is 9. The molecule has 13 nitrogen and oxygen atoms in total. The third-order valence-electron chi connectivity index (χ3n) is 7.75. The number of carbonyl (C=O) groups excluding carboxylic acids is 2. The number of nitrogens with one attached hydrogen (secondary N) is 2. The standard InChI is InChI=1S/C31H49N5O8S/c1-19(2)32-31(39)35(8)17-28-20(3)16-36(21(4)18-37)30(38)26-15-25(34-45(40,41)29-23(6)33-44-24(29)7)12-13-27(26)43-22(5)11-9-10-14-42-28/h12-13,15,19-22,28,34,37H,9-11,14,16-18H2,1-8H3,(H,32,39)/t20-,21+,22+,28-/m1/s1. The molecule has 1 aliphatic rings. The number of sulfonamides is 1. The van der Waals surface area contributed by atoms with Gasteiger partial charge in [0.25, 0.3) is 15.9 Å². The Labute approximate surface area is 266 Å². The molecule has 0 saturated carbocycles. The average molecular weight is 652 g/mol. The fourth-order valence-electron chi connectivity index (χ4n) is 5.22. The molecular weight excluding hydrogens is 602 g/mol. The van der Waals surface area contributed by atoms with E-state index in [1.165, 1.54) is 19.9 Å². The highest BCUT2D eigenvalue weighted by Crippen LogP contribution is 2.30. The first-order valence-corrected chi connectivity index (χ1v) is 16.9. The van der Waals surface area contributed by atoms with Gasteiger partial charge in [-0.1, -0.05) is 12.1 Å². The van der Waals surface area contributed by atoms with Gasteiger partial charge in [0, 0.05) is 44.4 Å². The number of benzene rings is 1. The van der Waals surface area contributed by atoms with Gasteiger partial charge in [-0.15, -0.1) is 0 Å². The van der Waals surface area contributed by atoms with Crippen LogP contribution in [0.25, 0.3) is 0 Å². The van der Waals surface area contributed by atoms with Gasteiger partial charge in [-0.05, 0) is 79.0 Å². The third-order valence-corrected chi connectivity index (χ3v) is 9.38. The molecule has 252 valence electrons. The molecule has 0 fully saturated rings. The van der Waals surface area contributed by atoms with Gasteiger partial charge in [-0.3, -0.25) is 9.52 Å². The van der Waals surface area contributed by atoms with Crippen LogP contribution in [0.15, 0.2) is 27.6 Å². The molecule has 0 bridgehead atoms. The molecule has 0 unspecified atom stereocenters. The van der Waals surface area contributed by atoms with Gasteiger partial charge in [0.05, 0.1) is 30.4 Å². The Kier molecular flexibility index (Phi) is 12.7. The highest BCUT2D eigenvalue weighted by Gasteiger charge is 2.32. The Morgan fingerprint density at radius 2 is 1.91 bits per heavy atom. The maximum absolute atomic E-state index is 14.3. The molecule has 4 atom stereocenters. The number of aryl methyl sites for hydroxylation is 2. The Balaban J connectivity index is 2.00. The summed E-state index contributed by atoms with van der Waals surface area (Å²) in [5, 5.41) is 16.8. The first-order chi connectivity index (χ1) is 21.1. The third kappa shape index (κ3) is 9.57. The number of amides is 3. The van der Waals surface area contributed by atoms with Gasteiger partial charge in [0.2, 0.25) is 0 Å². The first kappa shape index (κ1) is 36.1. The minimum absolute atomic E-state index is 0.0242. The lowest BCUT2D eigenvalue weighted by Gasteiger charge is -2.36. The van der Waals surface area contributed by atoms with Crippen molar-refractivity contribution in [1.29, 1.82) is 0 Å². The van der Waals surface area contributed by atoms with Gasteiger partial charge in [-0.25, -0.2) is 13.2 Å². The van der Waals surface area contributed by atoms with E-state index >= 15 is 0 Å². The van der Waals surface area contributed by atoms with Crippen LogP contribution in [0.1, 0.15) is 75.7 Å². The SMILES string of the molecule is Cc1noc(C)c1S(=O)(=O)Nc1ccc2c(c1)C(=O)N([C@@H](C)CO)C[C@@H](C)[C@@H](CN(C)C(=O)NC(C)C)OCCCC[C@H](C)O2. The number of aliphatic hydroxyl groups is 1. The zero-order chi connectivity index (χ0) is 33.5. The van der Waals surface area contributed by atoms with E-state index in [4.69, 9.17) is 14.0 Å². The van der Waals surface area contributed by atoms with Gasteiger partial charge < -0.3 is 34.2 Å². The molecule has 0 aliphatic carbocycles. The molecule has 2 heterocycles. The predicted octanol–water partition coefficient (Wildman–Crippen LogP) is 3.94. The van der Waals surface area contributed by atoms with Crippen LogP contribution in [0.3, 0.4) is 0 Å². The summed E-state index contributed by atoms with van der Waals surface area (Å²) in [6.07, 6.45) is 1.67. The molecule has 3 N–H and O–H groups in total. The molecule has 3 amide bonds. The van der Waals surface area contributed by atoms with E-state index in [1.807, 2.05) is 27.7 Å². The number of likely N-dealkylation sites (N-methyl/N-ethyl adjacent to an activating group) is 1. The second-order valence-corrected chi connectivity index (χ2v) is 13.9. The van der Waals surface area contributed by atoms with Crippen LogP contribution in [0.4, 0.5) is 10.5 Å². The van der Waals surface area contributed by atoms with E-state index in [2.05, 4.69) is 15.2 Å². The van der Waals surface area contributed by atoms with E-state index in [-0.39, 0.29) is 64.8 Å². The maximum Gasteiger partial charge on any atom is 0.317 e. The number of fused-ring (bicyclic) bond motifs is 1. The van der Waals surface area contributed by atoms with Crippen molar-refractivity contribution in [2.45, 2.75) is 96.9 Å². The Bertz CT molecular complexity index is 1390. The zero-order valence-corrected chi connectivity index (χ0v) is 28.4. The van der Waals surface area contributed by atoms with Crippen LogP contribution in [0.2, 0.25) is 0 Å². The second kappa shape index (κ2) is 15.8. The van der Waals surface area contributed by atoms with E-state index in [9.17, 15) is 23.1 Å². The number of carbonyl (C=O) groups is 2. The summed E-state index contributed by atoms with van der Waals surface area (Å²) in [4.78, 5) is 30.0. The normalized spacial score (nSPS) is 21.0. The summed E-state index contributed by atoms with van der Waals surface area (Å²) in [7, 11) is -2.37. The van der Waals surface area contributed by atoms with E-state index < -0.39 is 28.1 Å². The smallest absolute Gasteiger partial charge is 0.317 e. The van der Waals surface area contributed by atoms with Crippen molar-refractivity contribution in [3.8, 4) is 5.75 Å². The van der Waals surface area contributed by atoms with Crippen LogP contribution in [0, 0.1) is 19.8 Å². The zero-order valence-electron chi connectivity index (χ0n) is 27.6. The lowest BCUT2D eigenvalue weighted by Crippen LogP contribution is -2.49. The number of anilines is 1. The first-order valence-electron chi connectivity index (χ1n) is 15.5. The molecule has 2 aromatic rings. The summed E-state index contributed by atoms with van der Waals surface area (Å²) in [6.45, 7) is 13.1. The minimum Gasteiger partial charge on any atom is -0.490 e. The number of rotatable bonds is 8. The molecule has 14 heteroatoms. The van der Waals surface area contributed by atoms with Crippen LogP contribution >= 0.6 is 0 Å². The summed E-state index contributed by atoms with van der Waals surface area (Å²) < 4.78 is 46.6. The summed E-state index contributed by atoms with van der Waals surface area (Å²) >= 11 is 0. The molecule has 1 aromatic carbocycles. The number of hydrogen-bond donors (Lipinski definition) is 3. The summed E-state index contributed by atoms with van der Waals surface area (Å²) in [6, 6.07) is 3.75. The number of urea groups is 1. The van der Waals surface area contributed by atoms with Crippen molar-refractivity contribution in [3.05, 3.63) is 35.2 Å². The van der Waals surface area contributed by atoms with Crippen LogP contribution < -0.4 is 14.8 Å². The minimum atomic E-state index is -4.08. The van der Waals surface area contributed by atoms with Crippen LogP contribution in [0.5, 0.6) is 5.75 Å². The summed E-state index contributed by atoms with van der Waals surface area (Å²) in [5.41, 5.74) is 0.520. The van der Waals surface area contributed by atoms with Gasteiger partial charge in [0.15, 0.2) is 10.7 Å². The Morgan fingerprint density at radius 3 is 2.53 bits per heavy atom. The van der Waals surface area contributed by atoms with Crippen molar-refractivity contribution >= 4 is 27.6 Å². The number of ether oxygens (including phenoxy) is 2. The Morgan fingerprint density at radius 1 is 1.20 bits per heavy atom. The highest BCUT2D eigenvalue weighted by atomic mass is 32.2. The van der Waals surface area contributed by atoms with Gasteiger partial charge >= 0.3 is 6.03 Å². The molecule has 0 spiro atoms. The van der Waals surface area contributed by atoms with Crippen molar-refractivity contribution in [2.24, 2.45) is 5.92 Å². The van der Waals surface area contributed by atoms with E-state index in [0.29, 0.717) is 25.3 Å². The fourth-order valence-corrected chi connectivity index (χ4v) is 6.60. The highest BCUT2D eigenvalue weighted by molar-refractivity contribution is 7.92. The molecule has 0 radical (unpaired) electrons. The van der Waals surface area contributed by atoms with E-state index in [1.54, 1.807) is 35.9 Å². The molecule has 3 rings (SSSR count). The van der Waals surface area contributed by atoms with Gasteiger partial charge in [-0.2, -0.15) is 0 Å². The molecule has 0 saturated heterocycles. The quantitative estimate of drug-likeness (QED) is 0.384. The maximum atomic E-state index is 14.3. The predicted molar refractivity (Wildman–Crippen MR) is 170 cm³/mol. The van der Waals surface area contributed by atoms with Crippen LogP contribution in [-0.2, 0) is 14.8 Å². The van der Waals surface area contributed by atoms with Crippen LogP contribution in [-0.4, -0.2) is 98.1 Å². The monoisotopic (exact) mass is 651 g/mol. The largest absolute Gasteiger partial charge is 0.490 e. The summed E-state index contributed by atoms with van der Waals surface area (Å²) in [5.74, 6) is -0.214. The molecule has 45 heavy (non-hydrogen) atoms. The number of aliphatic hydroxyl groups excluding tert-OH is 1. The molecule has 1 aromatic heterocycles. The lowest BCUT2D eigenvalue weighted by atomic mass is 10.0. The Hall–Kier alpha value is -3.36. The number of aromatic nitrogens is 1.